The van der Waals surface area contributed by atoms with Crippen LogP contribution in [0.15, 0.2) is 42.7 Å². The molecule has 2 aliphatic rings. The molecule has 0 spiro atoms. The van der Waals surface area contributed by atoms with Crippen molar-refractivity contribution in [1.82, 2.24) is 19.4 Å². The Bertz CT molecular complexity index is 1280. The summed E-state index contributed by atoms with van der Waals surface area (Å²) in [7, 11) is 3.50. The number of likely N-dealkylation sites (N-methyl/N-ethyl adjacent to an activating group) is 1. The lowest BCUT2D eigenvalue weighted by molar-refractivity contribution is -0.129. The third kappa shape index (κ3) is 5.43. The molecule has 8 heteroatoms. The maximum atomic E-state index is 13.5. The molecule has 1 saturated carbocycles. The Balaban J connectivity index is 1.30. The highest BCUT2D eigenvalue weighted by Crippen LogP contribution is 2.45. The second kappa shape index (κ2) is 10.8. The molecular formula is C29H37N5O3. The van der Waals surface area contributed by atoms with Crippen LogP contribution in [0.5, 0.6) is 5.75 Å². The van der Waals surface area contributed by atoms with Crippen LogP contribution in [-0.2, 0) is 17.9 Å². The SMILES string of the molecule is CCCCCOc1cc(N2CCN(Cc3ccnc4c3ccn4CC(=O)N(C)C)C2=O)ccc1C1CC1. The highest BCUT2D eigenvalue weighted by atomic mass is 16.5. The molecule has 0 N–H and O–H groups in total. The fourth-order valence-electron chi connectivity index (χ4n) is 4.96. The summed E-state index contributed by atoms with van der Waals surface area (Å²) in [5, 5.41) is 0.969. The topological polar surface area (TPSA) is 70.9 Å². The number of unbranched alkanes of at least 4 members (excludes halogenated alkanes) is 2. The summed E-state index contributed by atoms with van der Waals surface area (Å²) >= 11 is 0. The van der Waals surface area contributed by atoms with Gasteiger partial charge in [0, 0.05) is 63.3 Å². The first-order chi connectivity index (χ1) is 18.0. The second-order valence-corrected chi connectivity index (χ2v) is 10.3. The van der Waals surface area contributed by atoms with Crippen LogP contribution in [0.2, 0.25) is 0 Å². The summed E-state index contributed by atoms with van der Waals surface area (Å²) in [5.74, 6) is 1.54. The van der Waals surface area contributed by atoms with Gasteiger partial charge in [0.25, 0.3) is 0 Å². The lowest BCUT2D eigenvalue weighted by atomic mass is 10.1. The van der Waals surface area contributed by atoms with E-state index in [-0.39, 0.29) is 18.5 Å². The van der Waals surface area contributed by atoms with Gasteiger partial charge in [-0.3, -0.25) is 9.69 Å². The molecule has 0 atom stereocenters. The Morgan fingerprint density at radius 2 is 1.97 bits per heavy atom. The number of pyridine rings is 1. The van der Waals surface area contributed by atoms with E-state index in [9.17, 15) is 9.59 Å². The van der Waals surface area contributed by atoms with Gasteiger partial charge in [0.2, 0.25) is 5.91 Å². The Kier molecular flexibility index (Phi) is 7.35. The van der Waals surface area contributed by atoms with Crippen molar-refractivity contribution in [2.75, 3.05) is 38.7 Å². The standard InChI is InChI=1S/C29H37N5O3/c1-4-5-6-17-37-26-18-23(9-10-24(26)21-7-8-21)34-16-15-33(29(34)36)19-22-11-13-30-28-25(22)12-14-32(28)20-27(35)31(2)3/h9-14,18,21H,4-8,15-17,19-20H2,1-3H3. The number of ether oxygens (including phenoxy) is 1. The molecule has 37 heavy (non-hydrogen) atoms. The predicted octanol–water partition coefficient (Wildman–Crippen LogP) is 5.01. The van der Waals surface area contributed by atoms with Gasteiger partial charge in [-0.1, -0.05) is 25.8 Å². The van der Waals surface area contributed by atoms with Gasteiger partial charge in [-0.05, 0) is 54.5 Å². The second-order valence-electron chi connectivity index (χ2n) is 10.3. The van der Waals surface area contributed by atoms with Crippen molar-refractivity contribution in [2.45, 2.75) is 58.0 Å². The number of carbonyl (C=O) groups is 2. The Morgan fingerprint density at radius 3 is 2.73 bits per heavy atom. The molecule has 0 unspecified atom stereocenters. The molecular weight excluding hydrogens is 466 g/mol. The van der Waals surface area contributed by atoms with Gasteiger partial charge in [-0.2, -0.15) is 0 Å². The van der Waals surface area contributed by atoms with E-state index in [0.29, 0.717) is 25.6 Å². The third-order valence-corrected chi connectivity index (χ3v) is 7.34. The number of urea groups is 1. The number of hydrogen-bond donors (Lipinski definition) is 0. The average molecular weight is 504 g/mol. The summed E-state index contributed by atoms with van der Waals surface area (Å²) < 4.78 is 8.07. The maximum Gasteiger partial charge on any atom is 0.324 e. The Labute approximate surface area is 218 Å². The van der Waals surface area contributed by atoms with Crippen molar-refractivity contribution < 1.29 is 14.3 Å². The van der Waals surface area contributed by atoms with Crippen LogP contribution in [-0.4, -0.2) is 65.1 Å². The first-order valence-corrected chi connectivity index (χ1v) is 13.4. The molecule has 3 aromatic rings. The van der Waals surface area contributed by atoms with Crippen molar-refractivity contribution in [3.8, 4) is 5.75 Å². The van der Waals surface area contributed by atoms with Crippen LogP contribution in [0.3, 0.4) is 0 Å². The zero-order chi connectivity index (χ0) is 25.9. The summed E-state index contributed by atoms with van der Waals surface area (Å²) in [5.41, 5.74) is 3.97. The minimum atomic E-state index is 0.00304. The van der Waals surface area contributed by atoms with Gasteiger partial charge >= 0.3 is 6.03 Å². The summed E-state index contributed by atoms with van der Waals surface area (Å²) in [4.78, 5) is 35.5. The van der Waals surface area contributed by atoms with E-state index < -0.39 is 0 Å². The van der Waals surface area contributed by atoms with E-state index in [0.717, 1.165) is 47.5 Å². The molecule has 0 bridgehead atoms. The highest BCUT2D eigenvalue weighted by molar-refractivity contribution is 5.94. The summed E-state index contributed by atoms with van der Waals surface area (Å²) in [6.45, 7) is 4.95. The van der Waals surface area contributed by atoms with Gasteiger partial charge in [0.15, 0.2) is 0 Å². The lowest BCUT2D eigenvalue weighted by Crippen LogP contribution is -2.31. The molecule has 5 rings (SSSR count). The Morgan fingerprint density at radius 1 is 1.14 bits per heavy atom. The Hall–Kier alpha value is -3.55. The zero-order valence-electron chi connectivity index (χ0n) is 22.2. The predicted molar refractivity (Wildman–Crippen MR) is 145 cm³/mol. The van der Waals surface area contributed by atoms with Crippen molar-refractivity contribution in [3.63, 3.8) is 0 Å². The van der Waals surface area contributed by atoms with E-state index in [2.05, 4.69) is 30.1 Å². The molecule has 1 aromatic carbocycles. The number of benzene rings is 1. The number of anilines is 1. The third-order valence-electron chi connectivity index (χ3n) is 7.34. The number of amides is 3. The van der Waals surface area contributed by atoms with Gasteiger partial charge in [-0.15, -0.1) is 0 Å². The average Bonchev–Trinajstić information content (AvgIpc) is 3.57. The largest absolute Gasteiger partial charge is 0.493 e. The molecule has 2 aromatic heterocycles. The van der Waals surface area contributed by atoms with Crippen LogP contribution in [0.25, 0.3) is 11.0 Å². The van der Waals surface area contributed by atoms with Gasteiger partial charge < -0.3 is 19.1 Å². The van der Waals surface area contributed by atoms with E-state index in [4.69, 9.17) is 4.74 Å². The van der Waals surface area contributed by atoms with Crippen molar-refractivity contribution in [1.29, 1.82) is 0 Å². The number of rotatable bonds is 11. The number of hydrogen-bond acceptors (Lipinski definition) is 4. The van der Waals surface area contributed by atoms with Crippen LogP contribution < -0.4 is 9.64 Å². The van der Waals surface area contributed by atoms with E-state index in [1.54, 1.807) is 25.2 Å². The normalized spacial score (nSPS) is 15.6. The van der Waals surface area contributed by atoms with Crippen molar-refractivity contribution in [2.24, 2.45) is 0 Å². The molecule has 196 valence electrons. The number of fused-ring (bicyclic) bond motifs is 1. The molecule has 0 radical (unpaired) electrons. The lowest BCUT2D eigenvalue weighted by Gasteiger charge is -2.21. The number of nitrogens with zero attached hydrogens (tertiary/aromatic N) is 5. The first-order valence-electron chi connectivity index (χ1n) is 13.4. The monoisotopic (exact) mass is 503 g/mol. The van der Waals surface area contributed by atoms with E-state index in [1.807, 2.05) is 32.7 Å². The van der Waals surface area contributed by atoms with Crippen LogP contribution in [0, 0.1) is 0 Å². The number of aromatic nitrogens is 2. The highest BCUT2D eigenvalue weighted by Gasteiger charge is 2.32. The summed E-state index contributed by atoms with van der Waals surface area (Å²) in [6, 6.07) is 10.2. The fourth-order valence-corrected chi connectivity index (χ4v) is 4.96. The molecule has 1 saturated heterocycles. The van der Waals surface area contributed by atoms with Crippen molar-refractivity contribution in [3.05, 3.63) is 53.9 Å². The number of carbonyl (C=O) groups excluding carboxylic acids is 2. The fraction of sp³-hybridized carbons (Fsp3) is 0.483. The van der Waals surface area contributed by atoms with Gasteiger partial charge in [0.05, 0.1) is 6.61 Å². The minimum absolute atomic E-state index is 0.00304. The van der Waals surface area contributed by atoms with Gasteiger partial charge in [-0.25, -0.2) is 9.78 Å². The molecule has 8 nitrogen and oxygen atoms in total. The minimum Gasteiger partial charge on any atom is -0.493 e. The van der Waals surface area contributed by atoms with Crippen molar-refractivity contribution >= 4 is 28.7 Å². The maximum absolute atomic E-state index is 13.5. The quantitative estimate of drug-likeness (QED) is 0.345. The molecule has 1 aliphatic heterocycles. The summed E-state index contributed by atoms with van der Waals surface area (Å²) in [6.07, 6.45) is 9.45. The smallest absolute Gasteiger partial charge is 0.324 e. The van der Waals surface area contributed by atoms with Crippen LogP contribution in [0.4, 0.5) is 10.5 Å². The molecule has 1 aliphatic carbocycles. The molecule has 3 heterocycles. The van der Waals surface area contributed by atoms with Gasteiger partial charge in [0.1, 0.15) is 17.9 Å². The molecule has 3 amide bonds. The zero-order valence-corrected chi connectivity index (χ0v) is 22.2. The van der Waals surface area contributed by atoms with Crippen LogP contribution >= 0.6 is 0 Å². The van der Waals surface area contributed by atoms with E-state index >= 15 is 0 Å². The first kappa shape index (κ1) is 25.1. The van der Waals surface area contributed by atoms with E-state index in [1.165, 1.54) is 24.8 Å². The van der Waals surface area contributed by atoms with Crippen LogP contribution in [0.1, 0.15) is 56.1 Å². The molecule has 2 fully saturated rings.